The molecule has 0 spiro atoms. The number of likely N-dealkylation sites (tertiary alicyclic amines) is 2. The predicted molar refractivity (Wildman–Crippen MR) is 66.9 cm³/mol. The van der Waals surface area contributed by atoms with Crippen molar-refractivity contribution in [3.05, 3.63) is 0 Å². The third-order valence-electron chi connectivity index (χ3n) is 3.76. The van der Waals surface area contributed by atoms with Crippen LogP contribution in [0.1, 0.15) is 34.1 Å². The third kappa shape index (κ3) is 2.57. The molecule has 1 amide bonds. The van der Waals surface area contributed by atoms with Crippen LogP contribution >= 0.6 is 0 Å². The number of hydrogen-bond acceptors (Lipinski definition) is 3. The van der Waals surface area contributed by atoms with Crippen molar-refractivity contribution in [2.45, 2.75) is 51.8 Å². The van der Waals surface area contributed by atoms with E-state index in [-0.39, 0.29) is 6.09 Å². The molecule has 0 unspecified atom stereocenters. The Labute approximate surface area is 104 Å². The molecule has 98 valence electrons. The molecule has 0 aromatic carbocycles. The van der Waals surface area contributed by atoms with Gasteiger partial charge in [0.2, 0.25) is 0 Å². The molecule has 0 aromatic heterocycles. The monoisotopic (exact) mass is 240 g/mol. The van der Waals surface area contributed by atoms with Gasteiger partial charge in [-0.05, 0) is 47.1 Å². The van der Waals surface area contributed by atoms with Crippen molar-refractivity contribution in [2.75, 3.05) is 20.1 Å². The molecule has 0 aromatic rings. The van der Waals surface area contributed by atoms with Gasteiger partial charge >= 0.3 is 6.09 Å². The van der Waals surface area contributed by atoms with Crippen molar-refractivity contribution in [3.8, 4) is 0 Å². The third-order valence-corrected chi connectivity index (χ3v) is 3.76. The molecule has 2 bridgehead atoms. The maximum absolute atomic E-state index is 12.2. The maximum Gasteiger partial charge on any atom is 0.410 e. The summed E-state index contributed by atoms with van der Waals surface area (Å²) in [6, 6.07) is 0.642. The Morgan fingerprint density at radius 1 is 1.29 bits per heavy atom. The van der Waals surface area contributed by atoms with Crippen molar-refractivity contribution in [1.29, 1.82) is 0 Å². The number of hydrogen-bond donors (Lipinski definition) is 0. The van der Waals surface area contributed by atoms with E-state index in [1.807, 2.05) is 25.7 Å². The number of piperidine rings is 1. The average molecular weight is 240 g/mol. The van der Waals surface area contributed by atoms with Gasteiger partial charge in [0, 0.05) is 25.2 Å². The van der Waals surface area contributed by atoms with E-state index in [0.29, 0.717) is 18.0 Å². The molecular formula is C13H24N2O2. The molecule has 0 N–H and O–H groups in total. The zero-order chi connectivity index (χ0) is 12.8. The molecule has 3 atom stereocenters. The van der Waals surface area contributed by atoms with Crippen LogP contribution in [0.3, 0.4) is 0 Å². The largest absolute Gasteiger partial charge is 0.444 e. The maximum atomic E-state index is 12.2. The van der Waals surface area contributed by atoms with Crippen LogP contribution in [0.25, 0.3) is 0 Å². The lowest BCUT2D eigenvalue weighted by molar-refractivity contribution is 0.0154. The lowest BCUT2D eigenvalue weighted by Crippen LogP contribution is -2.45. The van der Waals surface area contributed by atoms with Gasteiger partial charge in [-0.25, -0.2) is 4.79 Å². The number of nitrogens with zero attached hydrogens (tertiary/aromatic N) is 2. The fourth-order valence-electron chi connectivity index (χ4n) is 3.07. The number of ether oxygens (including phenoxy) is 1. The van der Waals surface area contributed by atoms with Crippen LogP contribution in [0.5, 0.6) is 0 Å². The summed E-state index contributed by atoms with van der Waals surface area (Å²) in [5.74, 6) is 0.603. The first-order valence-corrected chi connectivity index (χ1v) is 6.48. The van der Waals surface area contributed by atoms with Crippen molar-refractivity contribution >= 4 is 6.09 Å². The molecule has 4 nitrogen and oxygen atoms in total. The predicted octanol–water partition coefficient (Wildman–Crippen LogP) is 1.95. The van der Waals surface area contributed by atoms with Crippen LogP contribution in [0.4, 0.5) is 4.79 Å². The van der Waals surface area contributed by atoms with Gasteiger partial charge in [-0.1, -0.05) is 0 Å². The van der Waals surface area contributed by atoms with Crippen molar-refractivity contribution in [3.63, 3.8) is 0 Å². The van der Waals surface area contributed by atoms with Crippen LogP contribution < -0.4 is 0 Å². The van der Waals surface area contributed by atoms with Crippen molar-refractivity contribution in [1.82, 2.24) is 9.80 Å². The molecule has 0 radical (unpaired) electrons. The number of fused-ring (bicyclic) bond motifs is 2. The highest BCUT2D eigenvalue weighted by atomic mass is 16.6. The van der Waals surface area contributed by atoms with E-state index in [1.165, 1.54) is 0 Å². The fourth-order valence-corrected chi connectivity index (χ4v) is 3.07. The van der Waals surface area contributed by atoms with Gasteiger partial charge < -0.3 is 14.5 Å². The van der Waals surface area contributed by atoms with Crippen LogP contribution in [0.2, 0.25) is 0 Å². The van der Waals surface area contributed by atoms with Gasteiger partial charge in [0.15, 0.2) is 0 Å². The molecule has 2 fully saturated rings. The standard InChI is InChI=1S/C13H24N2O2/c1-9-10-6-11(8-14(5)7-10)15(9)12(16)17-13(2,3)4/h9-11H,6-8H2,1-5H3/t9-,10-,11+/m0/s1. The van der Waals surface area contributed by atoms with Crippen LogP contribution in [-0.4, -0.2) is 53.7 Å². The molecule has 2 heterocycles. The highest BCUT2D eigenvalue weighted by molar-refractivity contribution is 5.69. The van der Waals surface area contributed by atoms with E-state index in [9.17, 15) is 4.79 Å². The van der Waals surface area contributed by atoms with Crippen LogP contribution in [0.15, 0.2) is 0 Å². The second-order valence-electron chi connectivity index (χ2n) is 6.50. The molecule has 0 saturated carbocycles. The Morgan fingerprint density at radius 3 is 2.53 bits per heavy atom. The first kappa shape index (κ1) is 12.7. The summed E-state index contributed by atoms with van der Waals surface area (Å²) in [6.07, 6.45) is 0.984. The summed E-state index contributed by atoms with van der Waals surface area (Å²) >= 11 is 0. The Kier molecular flexibility index (Phi) is 3.10. The average Bonchev–Trinajstić information content (AvgIpc) is 2.34. The number of likely N-dealkylation sites (N-methyl/N-ethyl adjacent to an activating group) is 1. The topological polar surface area (TPSA) is 32.8 Å². The molecule has 2 aliphatic heterocycles. The van der Waals surface area contributed by atoms with Gasteiger partial charge in [-0.2, -0.15) is 0 Å². The van der Waals surface area contributed by atoms with E-state index in [2.05, 4.69) is 18.9 Å². The Hall–Kier alpha value is -0.770. The van der Waals surface area contributed by atoms with Gasteiger partial charge in [-0.15, -0.1) is 0 Å². The fraction of sp³-hybridized carbons (Fsp3) is 0.923. The Bertz CT molecular complexity index is 309. The molecule has 0 aliphatic carbocycles. The SMILES string of the molecule is C[C@H]1[C@H]2C[C@H](CN(C)C2)N1C(=O)OC(C)(C)C. The lowest BCUT2D eigenvalue weighted by Gasteiger charge is -2.31. The highest BCUT2D eigenvalue weighted by Gasteiger charge is 2.46. The molecule has 2 rings (SSSR count). The molecular weight excluding hydrogens is 216 g/mol. The molecule has 2 aliphatic rings. The zero-order valence-corrected chi connectivity index (χ0v) is 11.6. The van der Waals surface area contributed by atoms with Gasteiger partial charge in [0.25, 0.3) is 0 Å². The first-order valence-electron chi connectivity index (χ1n) is 6.48. The van der Waals surface area contributed by atoms with E-state index in [1.54, 1.807) is 0 Å². The van der Waals surface area contributed by atoms with Crippen LogP contribution in [0, 0.1) is 5.92 Å². The normalized spacial score (nSPS) is 33.9. The lowest BCUT2D eigenvalue weighted by atomic mass is 9.96. The van der Waals surface area contributed by atoms with Crippen LogP contribution in [-0.2, 0) is 4.74 Å². The summed E-state index contributed by atoms with van der Waals surface area (Å²) in [6.45, 7) is 9.97. The quantitative estimate of drug-likeness (QED) is 0.649. The summed E-state index contributed by atoms with van der Waals surface area (Å²) in [4.78, 5) is 16.5. The molecule has 2 saturated heterocycles. The summed E-state index contributed by atoms with van der Waals surface area (Å²) in [5, 5.41) is 0. The molecule has 17 heavy (non-hydrogen) atoms. The second kappa shape index (κ2) is 4.16. The number of carbonyl (C=O) groups excluding carboxylic acids is 1. The smallest absolute Gasteiger partial charge is 0.410 e. The zero-order valence-electron chi connectivity index (χ0n) is 11.6. The van der Waals surface area contributed by atoms with E-state index in [4.69, 9.17) is 4.74 Å². The summed E-state index contributed by atoms with van der Waals surface area (Å²) in [7, 11) is 2.13. The number of rotatable bonds is 0. The highest BCUT2D eigenvalue weighted by Crippen LogP contribution is 2.35. The molecule has 4 heteroatoms. The summed E-state index contributed by atoms with van der Waals surface area (Å²) < 4.78 is 5.50. The first-order chi connectivity index (χ1) is 7.78. The summed E-state index contributed by atoms with van der Waals surface area (Å²) in [5.41, 5.74) is -0.403. The van der Waals surface area contributed by atoms with Crippen molar-refractivity contribution in [2.24, 2.45) is 5.92 Å². The minimum Gasteiger partial charge on any atom is -0.444 e. The van der Waals surface area contributed by atoms with Gasteiger partial charge in [0.05, 0.1) is 0 Å². The second-order valence-corrected chi connectivity index (χ2v) is 6.50. The number of carbonyl (C=O) groups is 1. The van der Waals surface area contributed by atoms with E-state index < -0.39 is 5.60 Å². The van der Waals surface area contributed by atoms with Gasteiger partial charge in [0.1, 0.15) is 5.60 Å². The van der Waals surface area contributed by atoms with E-state index >= 15 is 0 Å². The van der Waals surface area contributed by atoms with Crippen molar-refractivity contribution < 1.29 is 9.53 Å². The van der Waals surface area contributed by atoms with E-state index in [0.717, 1.165) is 19.5 Å². The minimum absolute atomic E-state index is 0.146. The Balaban J connectivity index is 2.08. The minimum atomic E-state index is -0.403. The van der Waals surface area contributed by atoms with Gasteiger partial charge in [-0.3, -0.25) is 0 Å². The number of amides is 1. The Morgan fingerprint density at radius 2 is 1.94 bits per heavy atom.